The van der Waals surface area contributed by atoms with Crippen LogP contribution >= 0.6 is 0 Å². The molecule has 0 aromatic heterocycles. The molecule has 1 saturated carbocycles. The molecule has 0 radical (unpaired) electrons. The predicted molar refractivity (Wildman–Crippen MR) is 42.5 cm³/mol. The van der Waals surface area contributed by atoms with E-state index in [0.717, 1.165) is 12.8 Å². The van der Waals surface area contributed by atoms with E-state index in [9.17, 15) is 14.7 Å². The van der Waals surface area contributed by atoms with E-state index < -0.39 is 23.8 Å². The molecule has 0 saturated heterocycles. The number of carboxylic acids is 1. The van der Waals surface area contributed by atoms with Crippen molar-refractivity contribution in [1.29, 1.82) is 0 Å². The normalized spacial score (nSPS) is 26.1. The average molecular weight is 208 g/mol. The topological polar surface area (TPSA) is 66.4 Å². The summed E-state index contributed by atoms with van der Waals surface area (Å²) in [5, 5.41) is 10.7. The number of methoxy groups -OCH3 is 1. The van der Waals surface area contributed by atoms with Crippen molar-refractivity contribution in [2.75, 3.05) is 7.11 Å². The van der Waals surface area contributed by atoms with Crippen molar-refractivity contribution >= 4 is 11.9 Å². The predicted octanol–water partition coefficient (Wildman–Crippen LogP) is -3.28. The molecular weight excluding hydrogens is 195 g/mol. The van der Waals surface area contributed by atoms with Crippen LogP contribution in [-0.2, 0) is 14.3 Å². The Bertz CT molecular complexity index is 217. The van der Waals surface area contributed by atoms with E-state index in [1.165, 1.54) is 7.11 Å². The van der Waals surface area contributed by atoms with Crippen molar-refractivity contribution in [3.8, 4) is 0 Å². The number of hydrogen-bond acceptors (Lipinski definition) is 4. The molecule has 0 amide bonds. The van der Waals surface area contributed by atoms with Crippen LogP contribution in [0.25, 0.3) is 0 Å². The van der Waals surface area contributed by atoms with Gasteiger partial charge in [0.15, 0.2) is 0 Å². The molecule has 0 heterocycles. The molecule has 1 rings (SSSR count). The number of hydrogen-bond donors (Lipinski definition) is 0. The molecule has 4 nitrogen and oxygen atoms in total. The van der Waals surface area contributed by atoms with E-state index in [-0.39, 0.29) is 29.6 Å². The van der Waals surface area contributed by atoms with Gasteiger partial charge in [0.2, 0.25) is 0 Å². The van der Waals surface area contributed by atoms with Gasteiger partial charge in [-0.3, -0.25) is 4.79 Å². The summed E-state index contributed by atoms with van der Waals surface area (Å²) in [5.74, 6) is -2.70. The Kier molecular flexibility index (Phi) is 6.40. The molecule has 0 bridgehead atoms. The van der Waals surface area contributed by atoms with Crippen molar-refractivity contribution in [2.45, 2.75) is 25.7 Å². The van der Waals surface area contributed by atoms with E-state index in [2.05, 4.69) is 4.74 Å². The smallest absolute Gasteiger partial charge is 0.550 e. The molecule has 2 atom stereocenters. The van der Waals surface area contributed by atoms with E-state index in [1.54, 1.807) is 0 Å². The summed E-state index contributed by atoms with van der Waals surface area (Å²) in [6.07, 6.45) is 2.88. The van der Waals surface area contributed by atoms with E-state index in [1.807, 2.05) is 0 Å². The number of ether oxygens (including phenoxy) is 1. The van der Waals surface area contributed by atoms with Crippen LogP contribution < -0.4 is 34.7 Å². The van der Waals surface area contributed by atoms with Gasteiger partial charge in [-0.25, -0.2) is 0 Å². The van der Waals surface area contributed by atoms with Gasteiger partial charge >= 0.3 is 35.5 Å². The third-order valence-electron chi connectivity index (χ3n) is 2.57. The third-order valence-corrected chi connectivity index (χ3v) is 2.57. The molecule has 1 aliphatic carbocycles. The summed E-state index contributed by atoms with van der Waals surface area (Å²) in [6, 6.07) is 0. The van der Waals surface area contributed by atoms with Crippen LogP contribution in [-0.4, -0.2) is 19.0 Å². The fraction of sp³-hybridized carbons (Fsp3) is 0.778. The van der Waals surface area contributed by atoms with Crippen molar-refractivity contribution in [3.05, 3.63) is 0 Å². The summed E-state index contributed by atoms with van der Waals surface area (Å²) < 4.78 is 4.54. The number of aliphatic carboxylic acids is 1. The van der Waals surface area contributed by atoms with Crippen LogP contribution in [0.15, 0.2) is 0 Å². The van der Waals surface area contributed by atoms with Crippen molar-refractivity contribution in [3.63, 3.8) is 0 Å². The minimum absolute atomic E-state index is 0. The maximum absolute atomic E-state index is 11.2. The van der Waals surface area contributed by atoms with E-state index in [0.29, 0.717) is 12.8 Å². The molecule has 0 spiro atoms. The van der Waals surface area contributed by atoms with Crippen LogP contribution in [0.5, 0.6) is 0 Å². The molecule has 1 fully saturated rings. The van der Waals surface area contributed by atoms with Crippen LogP contribution in [0.4, 0.5) is 0 Å². The largest absolute Gasteiger partial charge is 1.00 e. The van der Waals surface area contributed by atoms with Crippen LogP contribution in [0.2, 0.25) is 0 Å². The summed E-state index contributed by atoms with van der Waals surface area (Å²) in [4.78, 5) is 21.8. The minimum atomic E-state index is -1.13. The van der Waals surface area contributed by atoms with E-state index >= 15 is 0 Å². The second kappa shape index (κ2) is 6.43. The molecular formula is C9H13NaO4. The maximum atomic E-state index is 11.2. The summed E-state index contributed by atoms with van der Waals surface area (Å²) in [6.45, 7) is 0. The maximum Gasteiger partial charge on any atom is 1.00 e. The van der Waals surface area contributed by atoms with Gasteiger partial charge in [0.25, 0.3) is 0 Å². The molecule has 0 aliphatic heterocycles. The monoisotopic (exact) mass is 208 g/mol. The number of carbonyl (C=O) groups is 2. The Labute approximate surface area is 105 Å². The van der Waals surface area contributed by atoms with Gasteiger partial charge in [-0.1, -0.05) is 12.8 Å². The van der Waals surface area contributed by atoms with Gasteiger partial charge in [0.05, 0.1) is 13.0 Å². The van der Waals surface area contributed by atoms with Gasteiger partial charge < -0.3 is 14.6 Å². The first-order chi connectivity index (χ1) is 6.16. The summed E-state index contributed by atoms with van der Waals surface area (Å²) in [7, 11) is 1.28. The minimum Gasteiger partial charge on any atom is -0.550 e. The molecule has 5 heteroatoms. The van der Waals surface area contributed by atoms with Crippen LogP contribution in [0, 0.1) is 11.8 Å². The van der Waals surface area contributed by atoms with Crippen molar-refractivity contribution in [2.24, 2.45) is 11.8 Å². The molecule has 0 aromatic rings. The second-order valence-electron chi connectivity index (χ2n) is 3.34. The zero-order valence-electron chi connectivity index (χ0n) is 8.62. The Hall–Kier alpha value is -0.0600. The Morgan fingerprint density at radius 2 is 1.71 bits per heavy atom. The van der Waals surface area contributed by atoms with Gasteiger partial charge in [0.1, 0.15) is 0 Å². The fourth-order valence-electron chi connectivity index (χ4n) is 1.85. The third kappa shape index (κ3) is 3.26. The first-order valence-corrected chi connectivity index (χ1v) is 4.45. The summed E-state index contributed by atoms with van der Waals surface area (Å²) in [5.41, 5.74) is 0. The SMILES string of the molecule is COC(=O)C1CCCCC1C(=O)[O-].[Na+]. The number of carbonyl (C=O) groups excluding carboxylic acids is 2. The second-order valence-corrected chi connectivity index (χ2v) is 3.34. The summed E-state index contributed by atoms with van der Waals surface area (Å²) >= 11 is 0. The molecule has 0 aromatic carbocycles. The standard InChI is InChI=1S/C9H14O4.Na/c1-13-9(12)7-5-3-2-4-6(7)8(10)11;/h6-7H,2-5H2,1H3,(H,10,11);/q;+1/p-1. The van der Waals surface area contributed by atoms with Gasteiger partial charge in [0, 0.05) is 11.9 Å². The number of carboxylic acid groups (broad SMARTS) is 1. The first kappa shape index (κ1) is 13.9. The Balaban J connectivity index is 0.00000169. The van der Waals surface area contributed by atoms with Crippen molar-refractivity contribution in [1.82, 2.24) is 0 Å². The fourth-order valence-corrected chi connectivity index (χ4v) is 1.85. The Morgan fingerprint density at radius 1 is 1.21 bits per heavy atom. The molecule has 1 aliphatic rings. The molecule has 74 valence electrons. The molecule has 2 unspecified atom stereocenters. The number of esters is 1. The average Bonchev–Trinajstić information content (AvgIpc) is 2.16. The number of rotatable bonds is 2. The van der Waals surface area contributed by atoms with E-state index in [4.69, 9.17) is 0 Å². The Morgan fingerprint density at radius 3 is 2.14 bits per heavy atom. The van der Waals surface area contributed by atoms with Crippen LogP contribution in [0.1, 0.15) is 25.7 Å². The quantitative estimate of drug-likeness (QED) is 0.352. The van der Waals surface area contributed by atoms with Gasteiger partial charge in [-0.15, -0.1) is 0 Å². The van der Waals surface area contributed by atoms with Crippen molar-refractivity contribution < 1.29 is 49.0 Å². The van der Waals surface area contributed by atoms with Crippen LogP contribution in [0.3, 0.4) is 0 Å². The first-order valence-electron chi connectivity index (χ1n) is 4.45. The van der Waals surface area contributed by atoms with Gasteiger partial charge in [-0.05, 0) is 12.8 Å². The van der Waals surface area contributed by atoms with Gasteiger partial charge in [-0.2, -0.15) is 0 Å². The zero-order chi connectivity index (χ0) is 9.84. The zero-order valence-corrected chi connectivity index (χ0v) is 10.6. The molecule has 14 heavy (non-hydrogen) atoms. The molecule has 0 N–H and O–H groups in total.